The predicted molar refractivity (Wildman–Crippen MR) is 99.1 cm³/mol. The molecule has 0 saturated carbocycles. The van der Waals surface area contributed by atoms with E-state index in [9.17, 15) is 8.78 Å². The highest BCUT2D eigenvalue weighted by Gasteiger charge is 2.20. The van der Waals surface area contributed by atoms with E-state index in [0.29, 0.717) is 27.9 Å². The maximum Gasteiger partial charge on any atom is 0.222 e. The molecule has 28 heavy (non-hydrogen) atoms. The number of halogens is 2. The second-order valence-electron chi connectivity index (χ2n) is 6.15. The number of pyridine rings is 1. The summed E-state index contributed by atoms with van der Waals surface area (Å²) >= 11 is 0. The first-order valence-corrected chi connectivity index (χ1v) is 8.30. The van der Waals surface area contributed by atoms with Crippen LogP contribution in [0, 0.1) is 11.6 Å². The summed E-state index contributed by atoms with van der Waals surface area (Å²) in [7, 11) is 0. The third-order valence-corrected chi connectivity index (χ3v) is 4.42. The molecular formula is C19H11F2N7. The van der Waals surface area contributed by atoms with Crippen molar-refractivity contribution in [2.45, 2.75) is 0 Å². The number of benzene rings is 2. The van der Waals surface area contributed by atoms with Crippen LogP contribution in [0.3, 0.4) is 0 Å². The van der Waals surface area contributed by atoms with Crippen LogP contribution in [0.15, 0.2) is 54.7 Å². The van der Waals surface area contributed by atoms with E-state index in [1.54, 1.807) is 30.3 Å². The molecule has 9 heteroatoms. The zero-order valence-electron chi connectivity index (χ0n) is 14.2. The van der Waals surface area contributed by atoms with Gasteiger partial charge in [0.2, 0.25) is 5.65 Å². The van der Waals surface area contributed by atoms with Crippen molar-refractivity contribution in [3.63, 3.8) is 0 Å². The van der Waals surface area contributed by atoms with E-state index in [4.69, 9.17) is 5.73 Å². The molecule has 0 spiro atoms. The molecule has 5 rings (SSSR count). The first-order valence-electron chi connectivity index (χ1n) is 8.30. The second-order valence-corrected chi connectivity index (χ2v) is 6.15. The van der Waals surface area contributed by atoms with Gasteiger partial charge >= 0.3 is 0 Å². The highest BCUT2D eigenvalue weighted by Crippen LogP contribution is 2.34. The Kier molecular flexibility index (Phi) is 3.48. The van der Waals surface area contributed by atoms with Crippen molar-refractivity contribution < 1.29 is 8.78 Å². The Morgan fingerprint density at radius 2 is 1.79 bits per heavy atom. The van der Waals surface area contributed by atoms with Crippen LogP contribution in [0.25, 0.3) is 39.1 Å². The van der Waals surface area contributed by atoms with E-state index in [2.05, 4.69) is 25.5 Å². The smallest absolute Gasteiger partial charge is 0.222 e. The van der Waals surface area contributed by atoms with E-state index in [1.165, 1.54) is 28.9 Å². The lowest BCUT2D eigenvalue weighted by Crippen LogP contribution is -2.05. The summed E-state index contributed by atoms with van der Waals surface area (Å²) in [6, 6.07) is 12.3. The molecule has 0 saturated heterocycles. The molecule has 0 unspecified atom stereocenters. The second kappa shape index (κ2) is 6.02. The van der Waals surface area contributed by atoms with Crippen LogP contribution in [0.1, 0.15) is 0 Å². The average molecular weight is 375 g/mol. The molecule has 2 aromatic carbocycles. The fraction of sp³-hybridized carbons (Fsp3) is 0. The van der Waals surface area contributed by atoms with Gasteiger partial charge in [0.15, 0.2) is 5.82 Å². The van der Waals surface area contributed by atoms with Crippen LogP contribution in [0.4, 0.5) is 14.6 Å². The molecule has 136 valence electrons. The normalized spacial score (nSPS) is 11.4. The van der Waals surface area contributed by atoms with E-state index in [0.717, 1.165) is 0 Å². The van der Waals surface area contributed by atoms with Gasteiger partial charge in [-0.25, -0.2) is 13.8 Å². The Morgan fingerprint density at radius 1 is 0.964 bits per heavy atom. The number of tetrazole rings is 1. The third kappa shape index (κ3) is 2.44. The molecule has 3 heterocycles. The quantitative estimate of drug-likeness (QED) is 0.509. The molecule has 0 aliphatic rings. The minimum absolute atomic E-state index is 0.107. The van der Waals surface area contributed by atoms with Gasteiger partial charge in [-0.05, 0) is 52.9 Å². The van der Waals surface area contributed by atoms with Crippen molar-refractivity contribution >= 4 is 22.4 Å². The molecule has 0 radical (unpaired) electrons. The molecule has 0 aliphatic heterocycles. The van der Waals surface area contributed by atoms with E-state index >= 15 is 0 Å². The Bertz CT molecular complexity index is 1350. The fourth-order valence-electron chi connectivity index (χ4n) is 3.17. The fourth-order valence-corrected chi connectivity index (χ4v) is 3.17. The molecule has 0 fully saturated rings. The summed E-state index contributed by atoms with van der Waals surface area (Å²) in [5.41, 5.74) is 8.42. The summed E-state index contributed by atoms with van der Waals surface area (Å²) < 4.78 is 29.5. The summed E-state index contributed by atoms with van der Waals surface area (Å²) in [5, 5.41) is 12.1. The highest BCUT2D eigenvalue weighted by molar-refractivity contribution is 5.89. The summed E-state index contributed by atoms with van der Waals surface area (Å²) in [6.45, 7) is 0. The van der Waals surface area contributed by atoms with Crippen molar-refractivity contribution in [1.82, 2.24) is 30.0 Å². The molecule has 0 aliphatic carbocycles. The summed E-state index contributed by atoms with van der Waals surface area (Å²) in [5.74, 6) is -0.767. The first kappa shape index (κ1) is 16.2. The minimum atomic E-state index is -0.490. The lowest BCUT2D eigenvalue weighted by Gasteiger charge is -2.13. The topological polar surface area (TPSA) is 94.9 Å². The predicted octanol–water partition coefficient (Wildman–Crippen LogP) is 3.26. The van der Waals surface area contributed by atoms with Gasteiger partial charge in [0.25, 0.3) is 0 Å². The van der Waals surface area contributed by atoms with Crippen LogP contribution in [-0.4, -0.2) is 30.0 Å². The highest BCUT2D eigenvalue weighted by atomic mass is 19.1. The van der Waals surface area contributed by atoms with Crippen LogP contribution in [0.2, 0.25) is 0 Å². The maximum atomic E-state index is 14.7. The number of aromatic nitrogens is 6. The number of hydrogen-bond acceptors (Lipinski definition) is 6. The van der Waals surface area contributed by atoms with Gasteiger partial charge in [0.1, 0.15) is 22.8 Å². The number of anilines is 1. The molecule has 3 aromatic heterocycles. The van der Waals surface area contributed by atoms with Gasteiger partial charge in [-0.3, -0.25) is 4.98 Å². The summed E-state index contributed by atoms with van der Waals surface area (Å²) in [6.07, 6.45) is 1.53. The Hall–Kier alpha value is -4.01. The Labute approximate surface area is 156 Å². The van der Waals surface area contributed by atoms with Gasteiger partial charge in [-0.15, -0.1) is 5.10 Å². The zero-order valence-corrected chi connectivity index (χ0v) is 14.2. The lowest BCUT2D eigenvalue weighted by molar-refractivity contribution is 0.628. The number of rotatable bonds is 2. The van der Waals surface area contributed by atoms with Gasteiger partial charge in [-0.2, -0.15) is 4.52 Å². The first-order chi connectivity index (χ1) is 13.6. The van der Waals surface area contributed by atoms with Crippen LogP contribution < -0.4 is 5.73 Å². The molecule has 2 N–H and O–H groups in total. The van der Waals surface area contributed by atoms with Gasteiger partial charge < -0.3 is 5.73 Å². The van der Waals surface area contributed by atoms with Crippen LogP contribution >= 0.6 is 0 Å². The van der Waals surface area contributed by atoms with Gasteiger partial charge in [0.05, 0.1) is 5.69 Å². The number of nitrogens with two attached hydrogens (primary N) is 1. The van der Waals surface area contributed by atoms with E-state index in [1.807, 2.05) is 0 Å². The Morgan fingerprint density at radius 3 is 2.61 bits per heavy atom. The van der Waals surface area contributed by atoms with Gasteiger partial charge in [-0.1, -0.05) is 6.07 Å². The van der Waals surface area contributed by atoms with Crippen LogP contribution in [-0.2, 0) is 0 Å². The molecular weight excluding hydrogens is 364 g/mol. The zero-order chi connectivity index (χ0) is 19.3. The summed E-state index contributed by atoms with van der Waals surface area (Å²) in [4.78, 5) is 8.49. The van der Waals surface area contributed by atoms with Crippen molar-refractivity contribution in [3.05, 3.63) is 66.4 Å². The average Bonchev–Trinajstić information content (AvgIpc) is 3.19. The molecule has 7 nitrogen and oxygen atoms in total. The van der Waals surface area contributed by atoms with Crippen molar-refractivity contribution in [2.75, 3.05) is 5.73 Å². The van der Waals surface area contributed by atoms with Crippen molar-refractivity contribution in [1.29, 1.82) is 0 Å². The molecule has 0 amide bonds. The molecule has 0 bridgehead atoms. The lowest BCUT2D eigenvalue weighted by atomic mass is 10.0. The Balaban J connectivity index is 1.88. The third-order valence-electron chi connectivity index (χ3n) is 4.42. The number of hydrogen-bond donors (Lipinski definition) is 1. The van der Waals surface area contributed by atoms with Crippen molar-refractivity contribution in [3.8, 4) is 22.5 Å². The maximum absolute atomic E-state index is 14.7. The van der Waals surface area contributed by atoms with E-state index in [-0.39, 0.29) is 22.8 Å². The largest absolute Gasteiger partial charge is 0.380 e. The van der Waals surface area contributed by atoms with Crippen LogP contribution in [0.5, 0.6) is 0 Å². The van der Waals surface area contributed by atoms with Crippen molar-refractivity contribution in [2.24, 2.45) is 0 Å². The number of fused-ring (bicyclic) bond motifs is 2. The number of nitrogens with zero attached hydrogens (tertiary/aromatic N) is 6. The minimum Gasteiger partial charge on any atom is -0.380 e. The standard InChI is InChI=1S/C19H11F2N7/c20-13-5-3-10(4-6-13)16-17(28-19(18(22)24-16)25-26-27-28)12-8-11-2-1-7-23-15(11)14(21)9-12/h1-9H,(H2,22,24). The monoisotopic (exact) mass is 375 g/mol. The SMILES string of the molecule is Nc1nc(-c2ccc(F)cc2)c(-c2cc(F)c3ncccc3c2)n2nnnc12. The van der Waals surface area contributed by atoms with Gasteiger partial charge in [0, 0.05) is 22.7 Å². The molecule has 0 atom stereocenters. The number of nitrogen functional groups attached to an aromatic ring is 1. The molecule has 5 aromatic rings. The van der Waals surface area contributed by atoms with E-state index < -0.39 is 5.82 Å².